The fraction of sp³-hybridized carbons (Fsp3) is 0.222. The molecule has 1 saturated heterocycles. The number of likely N-dealkylation sites (N-methyl/N-ethyl adjacent to an activating group) is 1. The van der Waals surface area contributed by atoms with Crippen molar-refractivity contribution in [2.24, 2.45) is 0 Å². The Balaban J connectivity index is 1.22. The first-order valence-corrected chi connectivity index (χ1v) is 14.9. The summed E-state index contributed by atoms with van der Waals surface area (Å²) >= 11 is 11.2. The Morgan fingerprint density at radius 3 is 2.81 bits per heavy atom. The maximum absolute atomic E-state index is 13.5. The minimum atomic E-state index is 0.0285. The zero-order chi connectivity index (χ0) is 25.5. The number of benzene rings is 2. The molecule has 0 radical (unpaired) electrons. The van der Waals surface area contributed by atoms with Gasteiger partial charge in [-0.05, 0) is 25.1 Å². The number of nitrogens with zero attached hydrogens (tertiary/aromatic N) is 4. The van der Waals surface area contributed by atoms with Crippen LogP contribution in [-0.4, -0.2) is 34.9 Å². The van der Waals surface area contributed by atoms with E-state index in [1.165, 1.54) is 5.01 Å². The molecular weight excluding hydrogens is 544 g/mol. The maximum Gasteiger partial charge on any atom is 0.263 e. The van der Waals surface area contributed by atoms with E-state index in [-0.39, 0.29) is 11.3 Å². The average Bonchev–Trinajstić information content (AvgIpc) is 3.68. The average molecular weight is 568 g/mol. The summed E-state index contributed by atoms with van der Waals surface area (Å²) in [5, 5.41) is 9.24. The molecule has 6 nitrogen and oxygen atoms in total. The van der Waals surface area contributed by atoms with E-state index in [0.717, 1.165) is 44.0 Å². The van der Waals surface area contributed by atoms with Crippen LogP contribution in [0.3, 0.4) is 0 Å². The molecular formula is C27H24ClN4O2S3+. The predicted octanol–water partition coefficient (Wildman–Crippen LogP) is 6.27. The number of aromatic nitrogens is 2. The van der Waals surface area contributed by atoms with Crippen molar-refractivity contribution in [1.29, 1.82) is 0 Å². The van der Waals surface area contributed by atoms with Crippen molar-refractivity contribution in [3.05, 3.63) is 91.9 Å². The number of carbonyl (C=O) groups excluding carboxylic acids is 1. The van der Waals surface area contributed by atoms with Gasteiger partial charge in [-0.15, -0.1) is 0 Å². The number of thiazole rings is 1. The molecule has 1 atom stereocenters. The molecule has 37 heavy (non-hydrogen) atoms. The third-order valence-electron chi connectivity index (χ3n) is 6.46. The molecule has 2 aromatic heterocycles. The Kier molecular flexibility index (Phi) is 6.79. The molecule has 0 aliphatic carbocycles. The Hall–Kier alpha value is -2.72. The molecule has 6 rings (SSSR count). The third kappa shape index (κ3) is 4.69. The summed E-state index contributed by atoms with van der Waals surface area (Å²) in [6, 6.07) is 17.9. The maximum atomic E-state index is 13.5. The molecule has 0 saturated carbocycles. The van der Waals surface area contributed by atoms with Gasteiger partial charge in [0, 0.05) is 35.1 Å². The summed E-state index contributed by atoms with van der Waals surface area (Å²) in [5.41, 5.74) is 2.95. The van der Waals surface area contributed by atoms with E-state index in [1.807, 2.05) is 73.5 Å². The van der Waals surface area contributed by atoms with Crippen molar-refractivity contribution >= 4 is 58.1 Å². The number of thioether (sulfide) groups is 2. The Morgan fingerprint density at radius 1 is 1.16 bits per heavy atom. The summed E-state index contributed by atoms with van der Waals surface area (Å²) in [5.74, 6) is 0.894. The van der Waals surface area contributed by atoms with Gasteiger partial charge in [-0.25, -0.2) is 0 Å². The lowest BCUT2D eigenvalue weighted by Gasteiger charge is -2.19. The van der Waals surface area contributed by atoms with Crippen LogP contribution in [0, 0.1) is 0 Å². The van der Waals surface area contributed by atoms with Crippen LogP contribution in [0.5, 0.6) is 0 Å². The van der Waals surface area contributed by atoms with E-state index in [0.29, 0.717) is 18.1 Å². The lowest BCUT2D eigenvalue weighted by molar-refractivity contribution is -0.692. The molecule has 2 aromatic carbocycles. The van der Waals surface area contributed by atoms with Crippen LogP contribution >= 0.6 is 46.5 Å². The molecule has 0 bridgehead atoms. The van der Waals surface area contributed by atoms with E-state index in [2.05, 4.69) is 26.2 Å². The molecule has 2 aliphatic heterocycles. The number of anilines is 1. The highest BCUT2D eigenvalue weighted by Gasteiger charge is 2.41. The fourth-order valence-electron chi connectivity index (χ4n) is 4.57. The molecule has 1 unspecified atom stereocenters. The molecule has 0 spiro atoms. The Morgan fingerprint density at radius 2 is 2.00 bits per heavy atom. The van der Waals surface area contributed by atoms with Gasteiger partial charge in [-0.2, -0.15) is 4.57 Å². The van der Waals surface area contributed by atoms with Crippen LogP contribution < -0.4 is 9.47 Å². The SMILES string of the molecule is CCN1C(=O)/C(=C2\Sc3cc(Cl)ccc3N2C)SC1Cc1scc[n+]1Cc1cc(-c2ccccc2)no1. The topological polar surface area (TPSA) is 53.5 Å². The molecule has 4 aromatic rings. The zero-order valence-corrected chi connectivity index (χ0v) is 23.5. The molecule has 1 amide bonds. The Labute approximate surface area is 232 Å². The van der Waals surface area contributed by atoms with Gasteiger partial charge in [0.05, 0.1) is 27.9 Å². The number of hydrogen-bond acceptors (Lipinski definition) is 7. The summed E-state index contributed by atoms with van der Waals surface area (Å²) in [4.78, 5) is 19.5. The van der Waals surface area contributed by atoms with Gasteiger partial charge in [0.25, 0.3) is 5.91 Å². The molecule has 4 heterocycles. The van der Waals surface area contributed by atoms with Crippen molar-refractivity contribution in [2.75, 3.05) is 18.5 Å². The number of halogens is 1. The van der Waals surface area contributed by atoms with Crippen molar-refractivity contribution in [3.63, 3.8) is 0 Å². The van der Waals surface area contributed by atoms with Crippen LogP contribution in [0.25, 0.3) is 11.3 Å². The normalized spacial score (nSPS) is 19.2. The smallest absolute Gasteiger partial charge is 0.263 e. The quantitative estimate of drug-likeness (QED) is 0.202. The molecule has 0 N–H and O–H groups in total. The minimum Gasteiger partial charge on any atom is -0.354 e. The van der Waals surface area contributed by atoms with E-state index in [9.17, 15) is 4.79 Å². The lowest BCUT2D eigenvalue weighted by atomic mass is 10.1. The van der Waals surface area contributed by atoms with E-state index in [4.69, 9.17) is 16.1 Å². The number of hydrogen-bond donors (Lipinski definition) is 0. The summed E-state index contributed by atoms with van der Waals surface area (Å²) in [6.45, 7) is 3.30. The van der Waals surface area contributed by atoms with Gasteiger partial charge < -0.3 is 14.3 Å². The second-order valence-electron chi connectivity index (χ2n) is 8.74. The fourth-order valence-corrected chi connectivity index (χ4v) is 8.52. The van der Waals surface area contributed by atoms with Crippen molar-refractivity contribution < 1.29 is 13.9 Å². The van der Waals surface area contributed by atoms with Crippen molar-refractivity contribution in [1.82, 2.24) is 10.1 Å². The van der Waals surface area contributed by atoms with E-state index >= 15 is 0 Å². The second-order valence-corrected chi connectivity index (χ2v) is 12.4. The molecule has 2 aliphatic rings. The largest absolute Gasteiger partial charge is 0.354 e. The van der Waals surface area contributed by atoms with Crippen LogP contribution in [0.15, 0.2) is 85.5 Å². The first-order valence-electron chi connectivity index (χ1n) is 11.9. The van der Waals surface area contributed by atoms with Crippen LogP contribution in [-0.2, 0) is 17.8 Å². The Bertz CT molecular complexity index is 1500. The first-order chi connectivity index (χ1) is 18.0. The van der Waals surface area contributed by atoms with Gasteiger partial charge in [0.15, 0.2) is 6.20 Å². The van der Waals surface area contributed by atoms with Gasteiger partial charge in [0.2, 0.25) is 17.3 Å². The van der Waals surface area contributed by atoms with Crippen molar-refractivity contribution in [2.45, 2.75) is 30.2 Å². The number of amides is 1. The van der Waals surface area contributed by atoms with Gasteiger partial charge in [-0.1, -0.05) is 81.9 Å². The monoisotopic (exact) mass is 567 g/mol. The van der Waals surface area contributed by atoms with E-state index < -0.39 is 0 Å². The summed E-state index contributed by atoms with van der Waals surface area (Å²) < 4.78 is 7.84. The highest BCUT2D eigenvalue weighted by Crippen LogP contribution is 2.51. The minimum absolute atomic E-state index is 0.0285. The highest BCUT2D eigenvalue weighted by molar-refractivity contribution is 8.08. The zero-order valence-electron chi connectivity index (χ0n) is 20.3. The van der Waals surface area contributed by atoms with Gasteiger partial charge in [0.1, 0.15) is 10.6 Å². The summed E-state index contributed by atoms with van der Waals surface area (Å²) in [7, 11) is 2.01. The van der Waals surface area contributed by atoms with Crippen LogP contribution in [0.1, 0.15) is 17.7 Å². The van der Waals surface area contributed by atoms with Gasteiger partial charge >= 0.3 is 0 Å². The standard InChI is InChI=1S/C27H24ClN4O2S3/c1-3-32-24(37-25(26(32)33)27-30(2)21-10-9-18(28)13-22(21)36-27)15-23-31(11-12-35-23)16-19-14-20(29-34-19)17-7-5-4-6-8-17/h4-14,24H,3,15-16H2,1-2H3/q+1/b27-25+. The molecule has 1 fully saturated rings. The molecule has 10 heteroatoms. The second kappa shape index (κ2) is 10.2. The predicted molar refractivity (Wildman–Crippen MR) is 151 cm³/mol. The number of carbonyl (C=O) groups is 1. The highest BCUT2D eigenvalue weighted by atomic mass is 35.5. The third-order valence-corrected chi connectivity index (χ3v) is 10.3. The van der Waals surface area contributed by atoms with Crippen LogP contribution in [0.2, 0.25) is 5.02 Å². The number of fused-ring (bicyclic) bond motifs is 1. The first kappa shape index (κ1) is 24.6. The lowest BCUT2D eigenvalue weighted by Crippen LogP contribution is -2.40. The van der Waals surface area contributed by atoms with Gasteiger partial charge in [-0.3, -0.25) is 4.79 Å². The van der Waals surface area contributed by atoms with Crippen LogP contribution in [0.4, 0.5) is 5.69 Å². The molecule has 188 valence electrons. The van der Waals surface area contributed by atoms with E-state index in [1.54, 1.807) is 34.9 Å². The van der Waals surface area contributed by atoms with Crippen molar-refractivity contribution in [3.8, 4) is 11.3 Å². The number of rotatable bonds is 6. The summed E-state index contributed by atoms with van der Waals surface area (Å²) in [6.07, 6.45) is 2.83.